The van der Waals surface area contributed by atoms with Gasteiger partial charge in [-0.15, -0.1) is 0 Å². The van der Waals surface area contributed by atoms with Crippen molar-refractivity contribution in [1.82, 2.24) is 15.4 Å². The number of aromatic nitrogens is 2. The van der Waals surface area contributed by atoms with Crippen molar-refractivity contribution in [3.05, 3.63) is 23.8 Å². The fourth-order valence-corrected chi connectivity index (χ4v) is 1.15. The highest BCUT2D eigenvalue weighted by atomic mass is 19.4. The van der Waals surface area contributed by atoms with Crippen LogP contribution in [0.4, 0.5) is 13.2 Å². The summed E-state index contributed by atoms with van der Waals surface area (Å²) < 4.78 is 35.4. The molecule has 1 aromatic rings. The Labute approximate surface area is 90.8 Å². The average molecular weight is 235 g/mol. The van der Waals surface area contributed by atoms with Crippen LogP contribution in [0.25, 0.3) is 0 Å². The zero-order chi connectivity index (χ0) is 12.2. The van der Waals surface area contributed by atoms with Crippen molar-refractivity contribution in [2.24, 2.45) is 0 Å². The minimum Gasteiger partial charge on any atom is -0.292 e. The summed E-state index contributed by atoms with van der Waals surface area (Å²) in [5, 5.41) is 0. The largest absolute Gasteiger partial charge is 0.413 e. The number of nitrogens with one attached hydrogen (secondary N) is 1. The van der Waals surface area contributed by atoms with E-state index in [-0.39, 0.29) is 0 Å². The van der Waals surface area contributed by atoms with E-state index >= 15 is 0 Å². The van der Waals surface area contributed by atoms with Gasteiger partial charge in [-0.3, -0.25) is 14.8 Å². The van der Waals surface area contributed by atoms with Crippen molar-refractivity contribution in [3.63, 3.8) is 0 Å². The van der Waals surface area contributed by atoms with E-state index in [1.807, 2.05) is 0 Å². The monoisotopic (exact) mass is 235 g/mol. The molecule has 0 radical (unpaired) electrons. The lowest BCUT2D eigenvalue weighted by atomic mass is 10.2. The molecule has 0 amide bonds. The molecule has 0 bridgehead atoms. The standard InChI is InChI=1S/C9H12F3N3O/c1-6-8(14-4-3-13-6)7(2)15-16-5-9(10,11)12/h3-4,7,15H,5H2,1-2H3. The van der Waals surface area contributed by atoms with Gasteiger partial charge in [0.15, 0.2) is 6.61 Å². The number of nitrogens with zero attached hydrogens (tertiary/aromatic N) is 2. The van der Waals surface area contributed by atoms with Gasteiger partial charge in [0.05, 0.1) is 17.4 Å². The van der Waals surface area contributed by atoms with Gasteiger partial charge in [-0.2, -0.15) is 18.7 Å². The average Bonchev–Trinajstić information content (AvgIpc) is 2.16. The molecule has 1 N–H and O–H groups in total. The Kier molecular flexibility index (Phi) is 4.19. The normalized spacial score (nSPS) is 13.8. The van der Waals surface area contributed by atoms with Crippen LogP contribution < -0.4 is 5.48 Å². The summed E-state index contributed by atoms with van der Waals surface area (Å²) in [6.45, 7) is 2.04. The van der Waals surface area contributed by atoms with Crippen LogP contribution in [-0.2, 0) is 4.84 Å². The first kappa shape index (κ1) is 12.9. The predicted molar refractivity (Wildman–Crippen MR) is 50.3 cm³/mol. The molecule has 16 heavy (non-hydrogen) atoms. The Morgan fingerprint density at radius 2 is 2.00 bits per heavy atom. The van der Waals surface area contributed by atoms with Crippen LogP contribution in [0.15, 0.2) is 12.4 Å². The SMILES string of the molecule is Cc1nccnc1C(C)NOCC(F)(F)F. The zero-order valence-electron chi connectivity index (χ0n) is 8.88. The lowest BCUT2D eigenvalue weighted by Gasteiger charge is -2.15. The molecule has 7 heteroatoms. The molecule has 0 saturated heterocycles. The third kappa shape index (κ3) is 4.11. The number of hydrogen-bond acceptors (Lipinski definition) is 4. The van der Waals surface area contributed by atoms with Crippen molar-refractivity contribution in [2.75, 3.05) is 6.61 Å². The van der Waals surface area contributed by atoms with Crippen molar-refractivity contribution < 1.29 is 18.0 Å². The number of aryl methyl sites for hydroxylation is 1. The highest BCUT2D eigenvalue weighted by Crippen LogP contribution is 2.16. The van der Waals surface area contributed by atoms with Crippen LogP contribution in [-0.4, -0.2) is 22.8 Å². The second kappa shape index (κ2) is 5.22. The molecule has 1 heterocycles. The van der Waals surface area contributed by atoms with Gasteiger partial charge in [-0.05, 0) is 13.8 Å². The second-order valence-electron chi connectivity index (χ2n) is 3.27. The number of halogens is 3. The summed E-state index contributed by atoms with van der Waals surface area (Å²) >= 11 is 0. The van der Waals surface area contributed by atoms with E-state index in [0.717, 1.165) is 0 Å². The maximum absolute atomic E-state index is 11.8. The minimum absolute atomic E-state index is 0.448. The van der Waals surface area contributed by atoms with Gasteiger partial charge in [0.1, 0.15) is 0 Å². The highest BCUT2D eigenvalue weighted by molar-refractivity contribution is 5.11. The summed E-state index contributed by atoms with van der Waals surface area (Å²) in [5.74, 6) is 0. The first-order valence-corrected chi connectivity index (χ1v) is 4.61. The molecule has 1 unspecified atom stereocenters. The van der Waals surface area contributed by atoms with Gasteiger partial charge < -0.3 is 0 Å². The molecule has 0 aliphatic carbocycles. The second-order valence-corrected chi connectivity index (χ2v) is 3.27. The molecule has 0 fully saturated rings. The number of rotatable bonds is 4. The molecule has 1 aromatic heterocycles. The lowest BCUT2D eigenvalue weighted by molar-refractivity contribution is -0.192. The minimum atomic E-state index is -4.34. The molecular formula is C9H12F3N3O. The highest BCUT2D eigenvalue weighted by Gasteiger charge is 2.28. The first-order valence-electron chi connectivity index (χ1n) is 4.61. The Hall–Kier alpha value is -1.21. The van der Waals surface area contributed by atoms with E-state index < -0.39 is 18.8 Å². The third-order valence-electron chi connectivity index (χ3n) is 1.83. The molecule has 0 aliphatic rings. The van der Waals surface area contributed by atoms with Crippen molar-refractivity contribution in [2.45, 2.75) is 26.1 Å². The molecule has 1 atom stereocenters. The third-order valence-corrected chi connectivity index (χ3v) is 1.83. The maximum atomic E-state index is 11.8. The van der Waals surface area contributed by atoms with Crippen LogP contribution in [0, 0.1) is 6.92 Å². The topological polar surface area (TPSA) is 47.0 Å². The summed E-state index contributed by atoms with van der Waals surface area (Å²) in [5.41, 5.74) is 3.48. The molecular weight excluding hydrogens is 223 g/mol. The summed E-state index contributed by atoms with van der Waals surface area (Å²) in [4.78, 5) is 12.3. The number of alkyl halides is 3. The van der Waals surface area contributed by atoms with Crippen LogP contribution in [0.2, 0.25) is 0 Å². The Bertz CT molecular complexity index is 343. The van der Waals surface area contributed by atoms with Crippen LogP contribution in [0.5, 0.6) is 0 Å². The molecule has 0 spiro atoms. The van der Waals surface area contributed by atoms with E-state index in [0.29, 0.717) is 11.4 Å². The zero-order valence-corrected chi connectivity index (χ0v) is 8.88. The molecule has 4 nitrogen and oxygen atoms in total. The first-order chi connectivity index (χ1) is 7.40. The summed E-state index contributed by atoms with van der Waals surface area (Å²) in [6.07, 6.45) is -1.35. The van der Waals surface area contributed by atoms with Gasteiger partial charge in [0, 0.05) is 12.4 Å². The molecule has 90 valence electrons. The van der Waals surface area contributed by atoms with Gasteiger partial charge in [-0.25, -0.2) is 0 Å². The Morgan fingerprint density at radius 1 is 1.38 bits per heavy atom. The summed E-state index contributed by atoms with van der Waals surface area (Å²) in [7, 11) is 0. The van der Waals surface area contributed by atoms with E-state index in [4.69, 9.17) is 0 Å². The van der Waals surface area contributed by atoms with Gasteiger partial charge in [0.25, 0.3) is 0 Å². The van der Waals surface area contributed by atoms with Crippen LogP contribution >= 0.6 is 0 Å². The van der Waals surface area contributed by atoms with Gasteiger partial charge in [0.2, 0.25) is 0 Å². The van der Waals surface area contributed by atoms with Gasteiger partial charge in [-0.1, -0.05) is 0 Å². The number of hydrogen-bond donors (Lipinski definition) is 1. The maximum Gasteiger partial charge on any atom is 0.413 e. The number of hydroxylamine groups is 1. The van der Waals surface area contributed by atoms with E-state index in [9.17, 15) is 13.2 Å². The molecule has 0 saturated carbocycles. The van der Waals surface area contributed by atoms with Gasteiger partial charge >= 0.3 is 6.18 Å². The smallest absolute Gasteiger partial charge is 0.292 e. The molecule has 0 aliphatic heterocycles. The van der Waals surface area contributed by atoms with E-state index in [2.05, 4.69) is 20.3 Å². The fourth-order valence-electron chi connectivity index (χ4n) is 1.15. The molecule has 1 rings (SSSR count). The van der Waals surface area contributed by atoms with E-state index in [1.54, 1.807) is 13.8 Å². The Balaban J connectivity index is 2.47. The van der Waals surface area contributed by atoms with Crippen LogP contribution in [0.3, 0.4) is 0 Å². The Morgan fingerprint density at radius 3 is 2.56 bits per heavy atom. The summed E-state index contributed by atoms with van der Waals surface area (Å²) in [6, 6.07) is -0.448. The van der Waals surface area contributed by atoms with Crippen molar-refractivity contribution in [3.8, 4) is 0 Å². The quantitative estimate of drug-likeness (QED) is 0.810. The fraction of sp³-hybridized carbons (Fsp3) is 0.556. The van der Waals surface area contributed by atoms with Crippen molar-refractivity contribution >= 4 is 0 Å². The molecule has 0 aromatic carbocycles. The van der Waals surface area contributed by atoms with E-state index in [1.165, 1.54) is 12.4 Å². The predicted octanol–water partition coefficient (Wildman–Crippen LogP) is 1.93. The lowest BCUT2D eigenvalue weighted by Crippen LogP contribution is -2.27. The van der Waals surface area contributed by atoms with Crippen molar-refractivity contribution in [1.29, 1.82) is 0 Å². The van der Waals surface area contributed by atoms with Crippen LogP contribution in [0.1, 0.15) is 24.4 Å².